The molecule has 7 nitrogen and oxygen atoms in total. The van der Waals surface area contributed by atoms with E-state index in [2.05, 4.69) is 33.4 Å². The number of aromatic nitrogens is 3. The number of hydrogen-bond donors (Lipinski definition) is 1. The second-order valence-electron chi connectivity index (χ2n) is 8.73. The van der Waals surface area contributed by atoms with Crippen LogP contribution in [0.2, 0.25) is 0 Å². The third-order valence-electron chi connectivity index (χ3n) is 6.17. The molecular weight excluding hydrogens is 427 g/mol. The average Bonchev–Trinajstić information content (AvgIpc) is 3.22. The van der Waals surface area contributed by atoms with Crippen LogP contribution in [-0.2, 0) is 4.79 Å². The van der Waals surface area contributed by atoms with Gasteiger partial charge in [0, 0.05) is 5.69 Å². The molecule has 0 saturated carbocycles. The van der Waals surface area contributed by atoms with Crippen molar-refractivity contribution in [3.8, 4) is 11.8 Å². The van der Waals surface area contributed by atoms with Crippen molar-refractivity contribution in [1.82, 2.24) is 25.0 Å². The Morgan fingerprint density at radius 3 is 2.47 bits per heavy atom. The number of likely N-dealkylation sites (tertiary alicyclic amines) is 1. The first-order valence-corrected chi connectivity index (χ1v) is 12.0. The van der Waals surface area contributed by atoms with Crippen molar-refractivity contribution < 1.29 is 9.18 Å². The topological polar surface area (TPSA) is 86.8 Å². The Labute approximate surface area is 193 Å². The van der Waals surface area contributed by atoms with E-state index in [0.29, 0.717) is 5.16 Å². The van der Waals surface area contributed by atoms with Crippen LogP contribution < -0.4 is 5.32 Å². The Balaban J connectivity index is 1.84. The van der Waals surface area contributed by atoms with E-state index < -0.39 is 5.54 Å². The highest BCUT2D eigenvalue weighted by Gasteiger charge is 2.30. The summed E-state index contributed by atoms with van der Waals surface area (Å²) >= 11 is 1.26. The highest BCUT2D eigenvalue weighted by Crippen LogP contribution is 2.29. The van der Waals surface area contributed by atoms with Gasteiger partial charge < -0.3 is 5.32 Å². The van der Waals surface area contributed by atoms with Gasteiger partial charge in [0.05, 0.1) is 17.9 Å². The van der Waals surface area contributed by atoms with Crippen LogP contribution in [0.4, 0.5) is 4.39 Å². The number of halogens is 1. The number of benzene rings is 1. The number of nitrogens with one attached hydrogen (secondary N) is 1. The van der Waals surface area contributed by atoms with Crippen molar-refractivity contribution in [3.63, 3.8) is 0 Å². The minimum absolute atomic E-state index is 0.0266. The summed E-state index contributed by atoms with van der Waals surface area (Å²) in [6, 6.07) is 8.44. The Morgan fingerprint density at radius 2 is 1.88 bits per heavy atom. The summed E-state index contributed by atoms with van der Waals surface area (Å²) in [6.45, 7) is 9.64. The fourth-order valence-electron chi connectivity index (χ4n) is 3.70. The fraction of sp³-hybridized carbons (Fsp3) is 0.565. The van der Waals surface area contributed by atoms with Gasteiger partial charge in [-0.1, -0.05) is 32.0 Å². The zero-order chi connectivity index (χ0) is 23.3. The standard InChI is InChI=1S/C23H31FN6OS/c1-16(2)23(4,15-25)26-20(31)14-32-22-28-27-21(17(3)29-12-6-5-7-13-29)30(22)19-10-8-18(24)9-11-19/h8-11,16-17H,5-7,12-14H2,1-4H3,(H,26,31). The van der Waals surface area contributed by atoms with Crippen LogP contribution in [-0.4, -0.2) is 50.0 Å². The summed E-state index contributed by atoms with van der Waals surface area (Å²) in [5.74, 6) is 0.283. The second-order valence-corrected chi connectivity index (χ2v) is 9.67. The van der Waals surface area contributed by atoms with Crippen molar-refractivity contribution in [2.24, 2.45) is 5.92 Å². The van der Waals surface area contributed by atoms with Gasteiger partial charge in [0.1, 0.15) is 11.4 Å². The molecule has 3 rings (SSSR count). The number of carbonyl (C=O) groups excluding carboxylic acids is 1. The molecule has 1 fully saturated rings. The van der Waals surface area contributed by atoms with E-state index in [1.807, 2.05) is 18.4 Å². The first kappa shape index (κ1) is 24.2. The lowest BCUT2D eigenvalue weighted by molar-refractivity contribution is -0.120. The van der Waals surface area contributed by atoms with Crippen LogP contribution in [0.5, 0.6) is 0 Å². The quantitative estimate of drug-likeness (QED) is 0.600. The van der Waals surface area contributed by atoms with Crippen LogP contribution in [0.3, 0.4) is 0 Å². The lowest BCUT2D eigenvalue weighted by Crippen LogP contribution is -2.49. The summed E-state index contributed by atoms with van der Waals surface area (Å²) in [4.78, 5) is 15.0. The molecule has 1 saturated heterocycles. The number of nitriles is 1. The molecule has 2 heterocycles. The molecule has 9 heteroatoms. The van der Waals surface area contributed by atoms with E-state index in [0.717, 1.165) is 37.4 Å². The van der Waals surface area contributed by atoms with Crippen molar-refractivity contribution in [2.75, 3.05) is 18.8 Å². The van der Waals surface area contributed by atoms with Crippen molar-refractivity contribution in [3.05, 3.63) is 35.9 Å². The normalized spacial score (nSPS) is 17.5. The van der Waals surface area contributed by atoms with Crippen molar-refractivity contribution in [1.29, 1.82) is 5.26 Å². The van der Waals surface area contributed by atoms with Crippen LogP contribution in [0.1, 0.15) is 58.8 Å². The Hall–Kier alpha value is -2.44. The SMILES string of the molecule is CC(c1nnc(SCC(=O)NC(C)(C#N)C(C)C)n1-c1ccc(F)cc1)N1CCCCC1. The zero-order valence-electron chi connectivity index (χ0n) is 19.1. The third-order valence-corrected chi connectivity index (χ3v) is 7.10. The summed E-state index contributed by atoms with van der Waals surface area (Å²) < 4.78 is 15.5. The predicted octanol–water partition coefficient (Wildman–Crippen LogP) is 4.10. The minimum Gasteiger partial charge on any atom is -0.337 e. The van der Waals surface area contributed by atoms with Crippen LogP contribution in [0, 0.1) is 23.1 Å². The van der Waals surface area contributed by atoms with E-state index in [-0.39, 0.29) is 29.4 Å². The second kappa shape index (κ2) is 10.5. The monoisotopic (exact) mass is 458 g/mol. The van der Waals surface area contributed by atoms with Gasteiger partial charge >= 0.3 is 0 Å². The zero-order valence-corrected chi connectivity index (χ0v) is 20.0. The van der Waals surface area contributed by atoms with E-state index >= 15 is 0 Å². The van der Waals surface area contributed by atoms with Crippen molar-refractivity contribution in [2.45, 2.75) is 63.7 Å². The molecule has 172 valence electrons. The number of rotatable bonds is 8. The summed E-state index contributed by atoms with van der Waals surface area (Å²) in [5, 5.41) is 21.7. The lowest BCUT2D eigenvalue weighted by atomic mass is 9.90. The van der Waals surface area contributed by atoms with Gasteiger partial charge in [-0.25, -0.2) is 4.39 Å². The molecule has 1 amide bonds. The van der Waals surface area contributed by atoms with Gasteiger partial charge in [-0.3, -0.25) is 14.3 Å². The van der Waals surface area contributed by atoms with Gasteiger partial charge in [0.25, 0.3) is 0 Å². The van der Waals surface area contributed by atoms with Gasteiger partial charge in [-0.15, -0.1) is 10.2 Å². The molecule has 2 aromatic rings. The molecule has 1 aliphatic heterocycles. The Kier molecular flexibility index (Phi) is 7.91. The van der Waals surface area contributed by atoms with Crippen LogP contribution in [0.25, 0.3) is 5.69 Å². The number of hydrogen-bond acceptors (Lipinski definition) is 6. The maximum Gasteiger partial charge on any atom is 0.231 e. The number of thioether (sulfide) groups is 1. The highest BCUT2D eigenvalue weighted by molar-refractivity contribution is 7.99. The molecule has 1 aliphatic rings. The smallest absolute Gasteiger partial charge is 0.231 e. The molecule has 0 spiro atoms. The first-order chi connectivity index (χ1) is 15.2. The number of piperidine rings is 1. The lowest BCUT2D eigenvalue weighted by Gasteiger charge is -2.31. The number of carbonyl (C=O) groups is 1. The Morgan fingerprint density at radius 1 is 1.22 bits per heavy atom. The molecule has 0 aliphatic carbocycles. The van der Waals surface area contributed by atoms with E-state index in [9.17, 15) is 14.4 Å². The summed E-state index contributed by atoms with van der Waals surface area (Å²) in [7, 11) is 0. The molecule has 2 unspecified atom stereocenters. The molecule has 0 radical (unpaired) electrons. The Bertz CT molecular complexity index is 964. The molecule has 1 aromatic heterocycles. The molecule has 2 atom stereocenters. The summed E-state index contributed by atoms with van der Waals surface area (Å²) in [6.07, 6.45) is 3.55. The predicted molar refractivity (Wildman–Crippen MR) is 123 cm³/mol. The van der Waals surface area contributed by atoms with E-state index in [1.165, 1.54) is 30.3 Å². The molecular formula is C23H31FN6OS. The number of nitrogens with zero attached hydrogens (tertiary/aromatic N) is 5. The summed E-state index contributed by atoms with van der Waals surface area (Å²) in [5.41, 5.74) is -0.182. The first-order valence-electron chi connectivity index (χ1n) is 11.1. The molecule has 1 aromatic carbocycles. The highest BCUT2D eigenvalue weighted by atomic mass is 32.2. The number of amides is 1. The van der Waals surface area contributed by atoms with Gasteiger partial charge in [0.2, 0.25) is 5.91 Å². The van der Waals surface area contributed by atoms with Gasteiger partial charge in [-0.2, -0.15) is 5.26 Å². The maximum absolute atomic E-state index is 13.6. The van der Waals surface area contributed by atoms with Crippen LogP contribution >= 0.6 is 11.8 Å². The van der Waals surface area contributed by atoms with Gasteiger partial charge in [-0.05, 0) is 70.0 Å². The van der Waals surface area contributed by atoms with Gasteiger partial charge in [0.15, 0.2) is 11.0 Å². The van der Waals surface area contributed by atoms with Crippen molar-refractivity contribution >= 4 is 17.7 Å². The molecule has 1 N–H and O–H groups in total. The maximum atomic E-state index is 13.6. The molecule has 32 heavy (non-hydrogen) atoms. The largest absolute Gasteiger partial charge is 0.337 e. The average molecular weight is 459 g/mol. The third kappa shape index (κ3) is 5.48. The fourth-order valence-corrected chi connectivity index (χ4v) is 4.46. The van der Waals surface area contributed by atoms with E-state index in [1.54, 1.807) is 19.1 Å². The van der Waals surface area contributed by atoms with E-state index in [4.69, 9.17) is 0 Å². The molecule has 0 bridgehead atoms. The minimum atomic E-state index is -0.934. The van der Waals surface area contributed by atoms with Crippen LogP contribution in [0.15, 0.2) is 29.4 Å².